The van der Waals surface area contributed by atoms with E-state index >= 15 is 0 Å². The molecule has 1 aromatic heterocycles. The lowest BCUT2D eigenvalue weighted by atomic mass is 9.88. The van der Waals surface area contributed by atoms with E-state index in [9.17, 15) is 36.0 Å². The maximum absolute atomic E-state index is 13.6. The molecule has 15 heteroatoms. The van der Waals surface area contributed by atoms with Crippen LogP contribution in [0.3, 0.4) is 0 Å². The number of nitrogens with zero attached hydrogens (tertiary/aromatic N) is 2. The summed E-state index contributed by atoms with van der Waals surface area (Å²) >= 11 is 1.16. The van der Waals surface area contributed by atoms with Gasteiger partial charge in [-0.25, -0.2) is 26.3 Å². The molecule has 3 aliphatic rings. The van der Waals surface area contributed by atoms with Crippen molar-refractivity contribution in [3.63, 3.8) is 0 Å². The first kappa shape index (κ1) is 27.5. The maximum atomic E-state index is 13.6. The molecule has 1 saturated heterocycles. The number of anilines is 1. The largest absolute Gasteiger partial charge is 0.345 e. The molecule has 3 heterocycles. The second-order valence-corrected chi connectivity index (χ2v) is 12.9. The van der Waals surface area contributed by atoms with E-state index in [0.717, 1.165) is 11.8 Å². The predicted octanol–water partition coefficient (Wildman–Crippen LogP) is 1.85. The molecule has 2 aromatic rings. The molecule has 5 rings (SSSR count). The Balaban J connectivity index is 1.32. The molecule has 39 heavy (non-hydrogen) atoms. The first-order valence-corrected chi connectivity index (χ1v) is 14.6. The van der Waals surface area contributed by atoms with Gasteiger partial charge in [-0.2, -0.15) is 0 Å². The normalized spacial score (nSPS) is 23.6. The van der Waals surface area contributed by atoms with Gasteiger partial charge in [0.15, 0.2) is 0 Å². The smallest absolute Gasteiger partial charge is 0.311 e. The third kappa shape index (κ3) is 5.39. The Labute approximate surface area is 226 Å². The monoisotopic (exact) mass is 585 g/mol. The zero-order chi connectivity index (χ0) is 28.3. The van der Waals surface area contributed by atoms with Crippen LogP contribution in [-0.4, -0.2) is 72.5 Å². The summed E-state index contributed by atoms with van der Waals surface area (Å²) in [5.74, 6) is -5.80. The molecule has 210 valence electrons. The number of rotatable bonds is 3. The molecule has 0 radical (unpaired) electrons. The lowest BCUT2D eigenvalue weighted by Crippen LogP contribution is -2.54. The molecule has 2 fully saturated rings. The number of aryl methyl sites for hydroxylation is 2. The van der Waals surface area contributed by atoms with Gasteiger partial charge in [-0.3, -0.25) is 14.4 Å². The van der Waals surface area contributed by atoms with E-state index in [1.165, 1.54) is 33.9 Å². The molecule has 2 atom stereocenters. The number of hydrogen-bond donors (Lipinski definition) is 3. The van der Waals surface area contributed by atoms with Crippen molar-refractivity contribution in [3.8, 4) is 0 Å². The van der Waals surface area contributed by atoms with Crippen LogP contribution >= 0.6 is 11.8 Å². The lowest BCUT2D eigenvalue weighted by Gasteiger charge is -2.35. The van der Waals surface area contributed by atoms with Crippen molar-refractivity contribution in [2.45, 2.75) is 47.6 Å². The first-order valence-electron chi connectivity index (χ1n) is 12.1. The number of sulfonamides is 1. The number of halogens is 3. The van der Waals surface area contributed by atoms with Gasteiger partial charge in [0.1, 0.15) is 16.4 Å². The fraction of sp³-hybridized carbons (Fsp3) is 0.458. The van der Waals surface area contributed by atoms with Crippen molar-refractivity contribution in [2.24, 2.45) is 13.0 Å². The van der Waals surface area contributed by atoms with Crippen LogP contribution in [0.5, 0.6) is 0 Å². The van der Waals surface area contributed by atoms with E-state index in [2.05, 4.69) is 15.4 Å². The SMILES string of the molecule is Cc1cc(NC(=O)c2c3c(cn2C)S(=O)(=O)N[C@H]2CN(C(=O)C(=O)NC4CC(F)(F)C4)C[C@H]2CS3)ccc1F. The van der Waals surface area contributed by atoms with Crippen molar-refractivity contribution >= 4 is 45.2 Å². The summed E-state index contributed by atoms with van der Waals surface area (Å²) in [6.07, 6.45) is 0.279. The molecular weight excluding hydrogens is 559 g/mol. The lowest BCUT2D eigenvalue weighted by molar-refractivity contribution is -0.148. The second-order valence-electron chi connectivity index (χ2n) is 10.1. The van der Waals surface area contributed by atoms with Gasteiger partial charge < -0.3 is 20.1 Å². The van der Waals surface area contributed by atoms with Crippen LogP contribution in [0.1, 0.15) is 28.9 Å². The van der Waals surface area contributed by atoms with Gasteiger partial charge in [0, 0.05) is 68.6 Å². The minimum absolute atomic E-state index is 0.0586. The summed E-state index contributed by atoms with van der Waals surface area (Å²) in [6, 6.07) is 2.63. The highest BCUT2D eigenvalue weighted by Crippen LogP contribution is 2.39. The van der Waals surface area contributed by atoms with Gasteiger partial charge in [0.25, 0.3) is 11.8 Å². The molecule has 3 amide bonds. The molecule has 1 aliphatic carbocycles. The Morgan fingerprint density at radius 1 is 1.18 bits per heavy atom. The van der Waals surface area contributed by atoms with E-state index in [1.54, 1.807) is 14.0 Å². The molecule has 1 saturated carbocycles. The van der Waals surface area contributed by atoms with Crippen LogP contribution in [0.4, 0.5) is 18.9 Å². The Morgan fingerprint density at radius 2 is 1.90 bits per heavy atom. The van der Waals surface area contributed by atoms with Crippen molar-refractivity contribution < 1.29 is 36.0 Å². The van der Waals surface area contributed by atoms with Gasteiger partial charge in [-0.15, -0.1) is 11.8 Å². The average Bonchev–Trinajstić information content (AvgIpc) is 3.37. The zero-order valence-electron chi connectivity index (χ0n) is 21.0. The van der Waals surface area contributed by atoms with Gasteiger partial charge >= 0.3 is 11.8 Å². The third-order valence-corrected chi connectivity index (χ3v) is 10.0. The quantitative estimate of drug-likeness (QED) is 0.472. The number of amides is 3. The highest BCUT2D eigenvalue weighted by Gasteiger charge is 2.47. The summed E-state index contributed by atoms with van der Waals surface area (Å²) in [7, 11) is -2.57. The summed E-state index contributed by atoms with van der Waals surface area (Å²) in [5.41, 5.74) is 0.782. The zero-order valence-corrected chi connectivity index (χ0v) is 22.6. The molecule has 0 unspecified atom stereocenters. The number of nitrogens with one attached hydrogen (secondary N) is 3. The van der Waals surface area contributed by atoms with E-state index in [0.29, 0.717) is 17.0 Å². The Bertz CT molecular complexity index is 1470. The van der Waals surface area contributed by atoms with Crippen molar-refractivity contribution in [1.29, 1.82) is 0 Å². The number of likely N-dealkylation sites (tertiary alicyclic amines) is 1. The number of thioether (sulfide) groups is 1. The van der Waals surface area contributed by atoms with Crippen LogP contribution in [0.25, 0.3) is 0 Å². The maximum Gasteiger partial charge on any atom is 0.311 e. The van der Waals surface area contributed by atoms with Crippen LogP contribution in [0.15, 0.2) is 34.2 Å². The number of alkyl halides is 2. The number of benzene rings is 1. The molecule has 0 spiro atoms. The van der Waals surface area contributed by atoms with Crippen molar-refractivity contribution in [1.82, 2.24) is 19.5 Å². The summed E-state index contributed by atoms with van der Waals surface area (Å²) in [5, 5.41) is 4.99. The average molecular weight is 586 g/mol. The molecule has 3 N–H and O–H groups in total. The van der Waals surface area contributed by atoms with Crippen LogP contribution < -0.4 is 15.4 Å². The summed E-state index contributed by atoms with van der Waals surface area (Å²) in [6.45, 7) is 1.57. The molecule has 2 aliphatic heterocycles. The summed E-state index contributed by atoms with van der Waals surface area (Å²) < 4.78 is 70.4. The fourth-order valence-corrected chi connectivity index (χ4v) is 8.25. The highest BCUT2D eigenvalue weighted by atomic mass is 32.2. The highest BCUT2D eigenvalue weighted by molar-refractivity contribution is 8.00. The van der Waals surface area contributed by atoms with Gasteiger partial charge in [0.05, 0.1) is 4.90 Å². The molecule has 10 nitrogen and oxygen atoms in total. The van der Waals surface area contributed by atoms with Crippen LogP contribution in [0, 0.1) is 18.7 Å². The van der Waals surface area contributed by atoms with E-state index < -0.39 is 64.4 Å². The van der Waals surface area contributed by atoms with Gasteiger partial charge in [-0.05, 0) is 30.7 Å². The Hall–Kier alpha value is -3.04. The molecule has 0 bridgehead atoms. The van der Waals surface area contributed by atoms with Gasteiger partial charge in [0.2, 0.25) is 10.0 Å². The number of fused-ring (bicyclic) bond motifs is 2. The van der Waals surface area contributed by atoms with E-state index in [-0.39, 0.29) is 34.5 Å². The predicted molar refractivity (Wildman–Crippen MR) is 136 cm³/mol. The fourth-order valence-electron chi connectivity index (χ4n) is 5.03. The number of carbonyl (C=O) groups excluding carboxylic acids is 3. The Kier molecular flexibility index (Phi) is 6.96. The molecular formula is C24H26F3N5O5S2. The molecule has 1 aromatic carbocycles. The van der Waals surface area contributed by atoms with E-state index in [1.807, 2.05) is 0 Å². The van der Waals surface area contributed by atoms with Crippen molar-refractivity contribution in [3.05, 3.63) is 41.5 Å². The van der Waals surface area contributed by atoms with Crippen LogP contribution in [-0.2, 0) is 26.7 Å². The topological polar surface area (TPSA) is 130 Å². The standard InChI is InChI=1S/C24H26F3N5O5S2/c1-12-5-14(3-4-16(12)25)28-21(33)19-20-18(10-31(19)2)39(36,37)30-17-9-32(8-13(17)11-38-20)23(35)22(34)29-15-6-24(26,27)7-15/h3-5,10,13,15,17,30H,6-9,11H2,1-2H3,(H,28,33)(H,29,34)/t13-,17-/m0/s1. The summed E-state index contributed by atoms with van der Waals surface area (Å²) in [4.78, 5) is 39.6. The van der Waals surface area contributed by atoms with E-state index in [4.69, 9.17) is 0 Å². The van der Waals surface area contributed by atoms with Crippen molar-refractivity contribution in [2.75, 3.05) is 24.2 Å². The number of hydrogen-bond acceptors (Lipinski definition) is 6. The van der Waals surface area contributed by atoms with Gasteiger partial charge in [-0.1, -0.05) is 0 Å². The second kappa shape index (κ2) is 9.86. The number of carbonyl (C=O) groups is 3. The number of aromatic nitrogens is 1. The minimum atomic E-state index is -4.12. The third-order valence-electron chi connectivity index (χ3n) is 7.12. The van der Waals surface area contributed by atoms with Crippen LogP contribution in [0.2, 0.25) is 0 Å². The first-order chi connectivity index (χ1) is 18.2. The Morgan fingerprint density at radius 3 is 2.56 bits per heavy atom. The minimum Gasteiger partial charge on any atom is -0.345 e.